The van der Waals surface area contributed by atoms with Crippen molar-refractivity contribution in [2.45, 2.75) is 30.7 Å². The van der Waals surface area contributed by atoms with E-state index in [0.717, 1.165) is 25.9 Å². The minimum absolute atomic E-state index is 0. The van der Waals surface area contributed by atoms with Gasteiger partial charge in [0.05, 0.1) is 10.6 Å². The number of likely N-dealkylation sites (tertiary alicyclic amines) is 1. The fourth-order valence-electron chi connectivity index (χ4n) is 2.78. The van der Waals surface area contributed by atoms with Gasteiger partial charge in [-0.3, -0.25) is 9.79 Å². The molecule has 1 fully saturated rings. The number of carbonyl (C=O) groups is 1. The molecule has 0 spiro atoms. The number of piperidine rings is 1. The van der Waals surface area contributed by atoms with E-state index in [0.29, 0.717) is 10.9 Å². The number of nitrogens with one attached hydrogen (secondary N) is 2. The van der Waals surface area contributed by atoms with Gasteiger partial charge in [-0.15, -0.1) is 24.0 Å². The Labute approximate surface area is 172 Å². The molecule has 2 rings (SSSR count). The van der Waals surface area contributed by atoms with Crippen molar-refractivity contribution in [3.8, 4) is 0 Å². The second-order valence-corrected chi connectivity index (χ2v) is 8.16. The molecule has 0 bridgehead atoms. The second kappa shape index (κ2) is 10.7. The van der Waals surface area contributed by atoms with Crippen LogP contribution < -0.4 is 10.6 Å². The zero-order valence-corrected chi connectivity index (χ0v) is 18.3. The predicted octanol–water partition coefficient (Wildman–Crippen LogP) is 1.25. The largest absolute Gasteiger partial charge is 0.355 e. The van der Waals surface area contributed by atoms with Gasteiger partial charge in [0.2, 0.25) is 5.91 Å². The van der Waals surface area contributed by atoms with Crippen molar-refractivity contribution in [3.63, 3.8) is 0 Å². The summed E-state index contributed by atoms with van der Waals surface area (Å²) in [7, 11) is -1.65. The summed E-state index contributed by atoms with van der Waals surface area (Å²) in [5, 5.41) is 6.35. The van der Waals surface area contributed by atoms with Gasteiger partial charge >= 0.3 is 0 Å². The van der Waals surface area contributed by atoms with Crippen molar-refractivity contribution >= 4 is 45.7 Å². The smallest absolute Gasteiger partial charge is 0.219 e. The van der Waals surface area contributed by atoms with E-state index >= 15 is 0 Å². The van der Waals surface area contributed by atoms with Crippen LogP contribution in [0, 0.1) is 0 Å². The van der Waals surface area contributed by atoms with Gasteiger partial charge in [0.25, 0.3) is 0 Å². The number of hydrogen-bond donors (Lipinski definition) is 2. The SMILES string of the molecule is CN=C(NCCS(=O)(=O)c1ccccc1)NC1CCN(C(C)=O)CC1.I. The molecule has 1 aromatic rings. The summed E-state index contributed by atoms with van der Waals surface area (Å²) in [4.78, 5) is 17.7. The maximum Gasteiger partial charge on any atom is 0.219 e. The molecule has 2 N–H and O–H groups in total. The van der Waals surface area contributed by atoms with Crippen LogP contribution in [-0.4, -0.2) is 63.7 Å². The van der Waals surface area contributed by atoms with E-state index in [1.807, 2.05) is 4.90 Å². The highest BCUT2D eigenvalue weighted by Gasteiger charge is 2.21. The third-order valence-electron chi connectivity index (χ3n) is 4.27. The number of guanidine groups is 1. The molecule has 0 radical (unpaired) electrons. The molecule has 0 aliphatic carbocycles. The third kappa shape index (κ3) is 6.75. The Morgan fingerprint density at radius 2 is 1.85 bits per heavy atom. The fraction of sp³-hybridized carbons (Fsp3) is 0.529. The van der Waals surface area contributed by atoms with Crippen molar-refractivity contribution in [1.29, 1.82) is 0 Å². The number of hydrogen-bond acceptors (Lipinski definition) is 4. The highest BCUT2D eigenvalue weighted by atomic mass is 127. The lowest BCUT2D eigenvalue weighted by molar-refractivity contribution is -0.129. The molecular weight excluding hydrogens is 467 g/mol. The molecule has 0 unspecified atom stereocenters. The first kappa shape index (κ1) is 22.7. The molecule has 1 aliphatic rings. The molecule has 7 nitrogen and oxygen atoms in total. The van der Waals surface area contributed by atoms with Crippen LogP contribution in [-0.2, 0) is 14.6 Å². The quantitative estimate of drug-likeness (QED) is 0.366. The van der Waals surface area contributed by atoms with E-state index in [1.54, 1.807) is 44.3 Å². The average Bonchev–Trinajstić information content (AvgIpc) is 2.62. The summed E-state index contributed by atoms with van der Waals surface area (Å²) in [6.45, 7) is 3.32. The molecule has 146 valence electrons. The summed E-state index contributed by atoms with van der Waals surface area (Å²) in [5.41, 5.74) is 0. The number of benzene rings is 1. The molecule has 26 heavy (non-hydrogen) atoms. The first-order valence-corrected chi connectivity index (χ1v) is 10.1. The van der Waals surface area contributed by atoms with Crippen molar-refractivity contribution < 1.29 is 13.2 Å². The van der Waals surface area contributed by atoms with Gasteiger partial charge in [0, 0.05) is 39.6 Å². The topological polar surface area (TPSA) is 90.9 Å². The van der Waals surface area contributed by atoms with Gasteiger partial charge in [-0.05, 0) is 25.0 Å². The van der Waals surface area contributed by atoms with E-state index in [-0.39, 0.29) is 48.2 Å². The van der Waals surface area contributed by atoms with E-state index in [9.17, 15) is 13.2 Å². The fourth-order valence-corrected chi connectivity index (χ4v) is 3.95. The van der Waals surface area contributed by atoms with Crippen LogP contribution in [0.5, 0.6) is 0 Å². The standard InChI is InChI=1S/C17H26N4O3S.HI/c1-14(22)21-11-8-15(9-12-21)20-17(18-2)19-10-13-25(23,24)16-6-4-3-5-7-16;/h3-7,15H,8-13H2,1-2H3,(H2,18,19,20);1H. The summed E-state index contributed by atoms with van der Waals surface area (Å²) in [5.74, 6) is 0.692. The van der Waals surface area contributed by atoms with E-state index in [4.69, 9.17) is 0 Å². The average molecular weight is 494 g/mol. The minimum atomic E-state index is -3.30. The van der Waals surface area contributed by atoms with Crippen molar-refractivity contribution in [2.75, 3.05) is 32.4 Å². The van der Waals surface area contributed by atoms with Gasteiger partial charge in [-0.2, -0.15) is 0 Å². The normalized spacial score (nSPS) is 15.9. The second-order valence-electron chi connectivity index (χ2n) is 6.06. The van der Waals surface area contributed by atoms with Gasteiger partial charge < -0.3 is 15.5 Å². The third-order valence-corrected chi connectivity index (χ3v) is 6.00. The molecule has 0 saturated carbocycles. The van der Waals surface area contributed by atoms with Gasteiger partial charge in [0.15, 0.2) is 15.8 Å². The highest BCUT2D eigenvalue weighted by Crippen LogP contribution is 2.11. The van der Waals surface area contributed by atoms with Gasteiger partial charge in [-0.1, -0.05) is 18.2 Å². The maximum atomic E-state index is 12.3. The number of rotatable bonds is 5. The lowest BCUT2D eigenvalue weighted by Gasteiger charge is -2.32. The molecule has 1 aliphatic heterocycles. The van der Waals surface area contributed by atoms with Crippen LogP contribution in [0.2, 0.25) is 0 Å². The van der Waals surface area contributed by atoms with Crippen LogP contribution in [0.3, 0.4) is 0 Å². The highest BCUT2D eigenvalue weighted by molar-refractivity contribution is 14.0. The Kier molecular flexibility index (Phi) is 9.34. The molecule has 0 aromatic heterocycles. The zero-order valence-electron chi connectivity index (χ0n) is 15.1. The molecular formula is C17H27IN4O3S. The van der Waals surface area contributed by atoms with E-state index in [1.165, 1.54) is 0 Å². The lowest BCUT2D eigenvalue weighted by Crippen LogP contribution is -2.50. The summed E-state index contributed by atoms with van der Waals surface area (Å²) in [6.07, 6.45) is 1.70. The Morgan fingerprint density at radius 3 is 2.38 bits per heavy atom. The molecule has 1 amide bonds. The Morgan fingerprint density at radius 1 is 1.23 bits per heavy atom. The summed E-state index contributed by atoms with van der Waals surface area (Å²) in [6, 6.07) is 8.66. The van der Waals surface area contributed by atoms with Crippen LogP contribution in [0.1, 0.15) is 19.8 Å². The number of sulfone groups is 1. The molecule has 1 saturated heterocycles. The van der Waals surface area contributed by atoms with E-state index in [2.05, 4.69) is 15.6 Å². The lowest BCUT2D eigenvalue weighted by atomic mass is 10.1. The zero-order chi connectivity index (χ0) is 18.3. The van der Waals surface area contributed by atoms with Crippen LogP contribution >= 0.6 is 24.0 Å². The Hall–Kier alpha value is -1.36. The van der Waals surface area contributed by atoms with Gasteiger partial charge in [0.1, 0.15) is 0 Å². The maximum absolute atomic E-state index is 12.3. The Bertz CT molecular complexity index is 702. The van der Waals surface area contributed by atoms with Crippen LogP contribution in [0.25, 0.3) is 0 Å². The van der Waals surface area contributed by atoms with Crippen molar-refractivity contribution in [1.82, 2.24) is 15.5 Å². The first-order valence-electron chi connectivity index (χ1n) is 8.43. The number of carbonyl (C=O) groups excluding carboxylic acids is 1. The molecule has 9 heteroatoms. The molecule has 1 heterocycles. The predicted molar refractivity (Wildman–Crippen MR) is 114 cm³/mol. The van der Waals surface area contributed by atoms with Crippen molar-refractivity contribution in [2.24, 2.45) is 4.99 Å². The van der Waals surface area contributed by atoms with E-state index < -0.39 is 9.84 Å². The monoisotopic (exact) mass is 494 g/mol. The Balaban J connectivity index is 0.00000338. The number of aliphatic imine (C=N–C) groups is 1. The van der Waals surface area contributed by atoms with Gasteiger partial charge in [-0.25, -0.2) is 8.42 Å². The minimum Gasteiger partial charge on any atom is -0.355 e. The van der Waals surface area contributed by atoms with Crippen LogP contribution in [0.4, 0.5) is 0 Å². The number of halogens is 1. The molecule has 0 atom stereocenters. The van der Waals surface area contributed by atoms with Crippen LogP contribution in [0.15, 0.2) is 40.2 Å². The number of amides is 1. The first-order chi connectivity index (χ1) is 11.9. The summed E-state index contributed by atoms with van der Waals surface area (Å²) >= 11 is 0. The molecule has 1 aromatic carbocycles. The van der Waals surface area contributed by atoms with Crippen molar-refractivity contribution in [3.05, 3.63) is 30.3 Å². The summed E-state index contributed by atoms with van der Waals surface area (Å²) < 4.78 is 24.5. The number of nitrogens with zero attached hydrogens (tertiary/aromatic N) is 2.